The maximum Gasteiger partial charge on any atom is 0.258 e. The van der Waals surface area contributed by atoms with E-state index in [-0.39, 0.29) is 49.1 Å². The number of carbonyl (C=O) groups excluding carboxylic acids is 3. The number of benzene rings is 1. The average Bonchev–Trinajstić information content (AvgIpc) is 2.87. The van der Waals surface area contributed by atoms with E-state index < -0.39 is 6.04 Å². The van der Waals surface area contributed by atoms with Crippen LogP contribution in [-0.2, 0) is 19.1 Å². The first-order valence-corrected chi connectivity index (χ1v) is 13.5. The summed E-state index contributed by atoms with van der Waals surface area (Å²) in [5.41, 5.74) is 0.484. The van der Waals surface area contributed by atoms with E-state index in [0.29, 0.717) is 43.5 Å². The summed E-state index contributed by atoms with van der Waals surface area (Å²) in [5.74, 6) is -0.0506. The number of hydrogen-bond acceptors (Lipinski definition) is 7. The van der Waals surface area contributed by atoms with Crippen LogP contribution in [-0.4, -0.2) is 104 Å². The molecule has 3 fully saturated rings. The fraction of sp³-hybridized carbons (Fsp3) is 0.667. The zero-order chi connectivity index (χ0) is 25.8. The number of methoxy groups -OCH3 is 1. The van der Waals surface area contributed by atoms with Gasteiger partial charge in [-0.1, -0.05) is 18.6 Å². The summed E-state index contributed by atoms with van der Waals surface area (Å²) in [7, 11) is 1.48. The van der Waals surface area contributed by atoms with Crippen LogP contribution >= 0.6 is 0 Å². The van der Waals surface area contributed by atoms with Crippen LogP contribution in [0.2, 0.25) is 0 Å². The highest BCUT2D eigenvalue weighted by Crippen LogP contribution is 2.29. The molecule has 3 heterocycles. The lowest BCUT2D eigenvalue weighted by atomic mass is 9.90. The van der Waals surface area contributed by atoms with E-state index in [9.17, 15) is 14.4 Å². The minimum atomic E-state index is -0.612. The van der Waals surface area contributed by atoms with Gasteiger partial charge in [-0.3, -0.25) is 19.3 Å². The molecular weight excluding hydrogens is 476 g/mol. The molecule has 1 aromatic rings. The first-order valence-electron chi connectivity index (χ1n) is 13.5. The zero-order valence-corrected chi connectivity index (χ0v) is 21.5. The molecule has 202 valence electrons. The molecule has 5 rings (SSSR count). The maximum atomic E-state index is 13.7. The molecule has 3 amide bonds. The minimum absolute atomic E-state index is 0.0254. The average molecular weight is 515 g/mol. The summed E-state index contributed by atoms with van der Waals surface area (Å²) >= 11 is 0. The third kappa shape index (κ3) is 5.91. The first-order chi connectivity index (χ1) is 18.0. The molecule has 10 heteroatoms. The Morgan fingerprint density at radius 2 is 1.97 bits per heavy atom. The van der Waals surface area contributed by atoms with Crippen LogP contribution in [0.15, 0.2) is 24.3 Å². The highest BCUT2D eigenvalue weighted by atomic mass is 16.5. The van der Waals surface area contributed by atoms with Gasteiger partial charge < -0.3 is 29.7 Å². The van der Waals surface area contributed by atoms with Crippen molar-refractivity contribution in [1.29, 1.82) is 0 Å². The zero-order valence-electron chi connectivity index (χ0n) is 21.5. The Morgan fingerprint density at radius 1 is 1.14 bits per heavy atom. The van der Waals surface area contributed by atoms with Gasteiger partial charge in [-0.15, -0.1) is 0 Å². The monoisotopic (exact) mass is 514 g/mol. The van der Waals surface area contributed by atoms with Crippen LogP contribution in [0.1, 0.15) is 48.9 Å². The summed E-state index contributed by atoms with van der Waals surface area (Å²) in [5, 5.41) is 6.06. The lowest BCUT2D eigenvalue weighted by Gasteiger charge is -2.46. The largest absolute Gasteiger partial charge is 0.493 e. The molecule has 10 nitrogen and oxygen atoms in total. The molecule has 1 saturated carbocycles. The van der Waals surface area contributed by atoms with Gasteiger partial charge in [0.05, 0.1) is 30.4 Å². The second kappa shape index (κ2) is 11.8. The highest BCUT2D eigenvalue weighted by molar-refractivity contribution is 6.00. The van der Waals surface area contributed by atoms with Gasteiger partial charge in [0, 0.05) is 45.8 Å². The Hall–Kier alpha value is -2.69. The molecule has 0 aromatic heterocycles. The Kier molecular flexibility index (Phi) is 8.26. The van der Waals surface area contributed by atoms with Crippen molar-refractivity contribution in [1.82, 2.24) is 20.4 Å². The Morgan fingerprint density at radius 3 is 2.76 bits per heavy atom. The van der Waals surface area contributed by atoms with Crippen molar-refractivity contribution in [3.05, 3.63) is 29.8 Å². The number of piperazine rings is 1. The van der Waals surface area contributed by atoms with Crippen molar-refractivity contribution >= 4 is 17.7 Å². The van der Waals surface area contributed by atoms with Crippen molar-refractivity contribution in [3.63, 3.8) is 0 Å². The van der Waals surface area contributed by atoms with Gasteiger partial charge in [0.15, 0.2) is 0 Å². The Bertz CT molecular complexity index is 985. The maximum absolute atomic E-state index is 13.7. The molecule has 3 aliphatic heterocycles. The molecular formula is C27H38N4O6. The van der Waals surface area contributed by atoms with Crippen LogP contribution in [0.3, 0.4) is 0 Å². The summed E-state index contributed by atoms with van der Waals surface area (Å²) in [6.45, 7) is 2.39. The van der Waals surface area contributed by atoms with Gasteiger partial charge in [-0.05, 0) is 37.8 Å². The number of hydrogen-bond donors (Lipinski definition) is 2. The molecule has 0 spiro atoms. The van der Waals surface area contributed by atoms with Gasteiger partial charge in [0.1, 0.15) is 18.4 Å². The molecule has 2 saturated heterocycles. The predicted octanol–water partition coefficient (Wildman–Crippen LogP) is 0.943. The van der Waals surface area contributed by atoms with Gasteiger partial charge >= 0.3 is 0 Å². The van der Waals surface area contributed by atoms with E-state index in [0.717, 1.165) is 32.2 Å². The summed E-state index contributed by atoms with van der Waals surface area (Å²) < 4.78 is 17.4. The minimum Gasteiger partial charge on any atom is -0.493 e. The van der Waals surface area contributed by atoms with Gasteiger partial charge in [0.2, 0.25) is 11.8 Å². The molecule has 4 aliphatic rings. The van der Waals surface area contributed by atoms with Gasteiger partial charge in [0.25, 0.3) is 5.91 Å². The third-order valence-corrected chi connectivity index (χ3v) is 8.10. The van der Waals surface area contributed by atoms with E-state index in [4.69, 9.17) is 14.2 Å². The Labute approximate surface area is 218 Å². The van der Waals surface area contributed by atoms with E-state index >= 15 is 0 Å². The number of nitrogens with zero attached hydrogens (tertiary/aromatic N) is 2. The molecule has 1 aliphatic carbocycles. The SMILES string of the molecule is COCC(=O)N[C@@H]1CC[C@H]2CCOc3ccccc3C(=O)N3CCN(C4CCC4)C[C@H]3C(=O)NC[C@H]1O2. The standard InChI is InChI=1S/C27H38N4O6/c1-35-17-25(32)29-21-10-9-19-11-14-36-23-8-3-2-7-20(23)27(34)31-13-12-30(18-5-4-6-18)16-22(31)26(33)28-15-24(21)37-19/h2-3,7-8,18-19,21-22,24H,4-6,9-17H2,1H3,(H,28,33)(H,29,32)/t19-,21+,22-,24+/m0/s1. The Balaban J connectivity index is 1.39. The quantitative estimate of drug-likeness (QED) is 0.616. The smallest absolute Gasteiger partial charge is 0.258 e. The predicted molar refractivity (Wildman–Crippen MR) is 135 cm³/mol. The van der Waals surface area contributed by atoms with E-state index in [1.807, 2.05) is 18.2 Å². The first kappa shape index (κ1) is 25.9. The topological polar surface area (TPSA) is 109 Å². The molecule has 2 bridgehead atoms. The van der Waals surface area contributed by atoms with E-state index in [1.54, 1.807) is 11.0 Å². The van der Waals surface area contributed by atoms with E-state index in [1.165, 1.54) is 13.5 Å². The van der Waals surface area contributed by atoms with Crippen LogP contribution in [0.25, 0.3) is 0 Å². The van der Waals surface area contributed by atoms with Crippen molar-refractivity contribution < 1.29 is 28.6 Å². The lowest BCUT2D eigenvalue weighted by molar-refractivity contribution is -0.133. The number of ether oxygens (including phenoxy) is 3. The fourth-order valence-electron chi connectivity index (χ4n) is 5.81. The van der Waals surface area contributed by atoms with Crippen molar-refractivity contribution in [2.24, 2.45) is 0 Å². The van der Waals surface area contributed by atoms with Crippen LogP contribution < -0.4 is 15.4 Å². The third-order valence-electron chi connectivity index (χ3n) is 8.10. The fourth-order valence-corrected chi connectivity index (χ4v) is 5.81. The highest BCUT2D eigenvalue weighted by Gasteiger charge is 2.40. The normalized spacial score (nSPS) is 29.6. The molecule has 4 atom stereocenters. The van der Waals surface area contributed by atoms with Crippen LogP contribution in [0.5, 0.6) is 5.75 Å². The van der Waals surface area contributed by atoms with Crippen molar-refractivity contribution in [2.75, 3.05) is 46.5 Å². The second-order valence-corrected chi connectivity index (χ2v) is 10.5. The number of rotatable bonds is 4. The van der Waals surface area contributed by atoms with Gasteiger partial charge in [-0.25, -0.2) is 0 Å². The van der Waals surface area contributed by atoms with Crippen molar-refractivity contribution in [3.8, 4) is 5.75 Å². The number of carbonyl (C=O) groups is 3. The summed E-state index contributed by atoms with van der Waals surface area (Å²) in [4.78, 5) is 43.6. The lowest BCUT2D eigenvalue weighted by Crippen LogP contribution is -2.64. The number of fused-ring (bicyclic) bond motifs is 4. The number of nitrogens with one attached hydrogen (secondary N) is 2. The van der Waals surface area contributed by atoms with Gasteiger partial charge in [-0.2, -0.15) is 0 Å². The summed E-state index contributed by atoms with van der Waals surface area (Å²) in [6.07, 6.45) is 5.19. The summed E-state index contributed by atoms with van der Waals surface area (Å²) in [6, 6.07) is 6.91. The van der Waals surface area contributed by atoms with Crippen molar-refractivity contribution in [2.45, 2.75) is 68.9 Å². The van der Waals surface area contributed by atoms with Crippen LogP contribution in [0, 0.1) is 0 Å². The molecule has 0 radical (unpaired) electrons. The second-order valence-electron chi connectivity index (χ2n) is 10.5. The van der Waals surface area contributed by atoms with E-state index in [2.05, 4.69) is 15.5 Å². The molecule has 2 N–H and O–H groups in total. The number of amides is 3. The molecule has 0 unspecified atom stereocenters. The molecule has 37 heavy (non-hydrogen) atoms. The van der Waals surface area contributed by atoms with Crippen LogP contribution in [0.4, 0.5) is 0 Å². The molecule has 1 aromatic carbocycles. The number of para-hydroxylation sites is 1.